The van der Waals surface area contributed by atoms with E-state index in [1.165, 1.54) is 25.7 Å². The van der Waals surface area contributed by atoms with Gasteiger partial charge in [0.2, 0.25) is 0 Å². The fraction of sp³-hybridized carbons (Fsp3) is 0.889. The van der Waals surface area contributed by atoms with E-state index >= 15 is 0 Å². The lowest BCUT2D eigenvalue weighted by Crippen LogP contribution is -2.37. The molecule has 0 bridgehead atoms. The number of nitrogens with zero attached hydrogens (tertiary/aromatic N) is 2. The molecule has 0 saturated carbocycles. The standard InChI is InChI=1S/C9H19N3/c1-3-4-5-6-8-7-11-9(10)12(8)2/h8H,3-7H2,1-2H3,(H2,10,11). The van der Waals surface area contributed by atoms with Gasteiger partial charge in [-0.05, 0) is 6.42 Å². The van der Waals surface area contributed by atoms with E-state index in [-0.39, 0.29) is 0 Å². The maximum atomic E-state index is 5.65. The number of hydrogen-bond donors (Lipinski definition) is 1. The molecule has 0 spiro atoms. The second-order valence-electron chi connectivity index (χ2n) is 3.46. The molecule has 1 heterocycles. The SMILES string of the molecule is CCCCCC1CN=C(N)N1C. The highest BCUT2D eigenvalue weighted by molar-refractivity contribution is 5.79. The molecule has 1 aliphatic heterocycles. The Bertz CT molecular complexity index is 165. The Kier molecular flexibility index (Phi) is 3.38. The van der Waals surface area contributed by atoms with E-state index in [1.54, 1.807) is 0 Å². The van der Waals surface area contributed by atoms with Crippen molar-refractivity contribution in [2.45, 2.75) is 38.6 Å². The van der Waals surface area contributed by atoms with Gasteiger partial charge in [-0.3, -0.25) is 4.99 Å². The molecule has 0 aromatic rings. The predicted octanol–water partition coefficient (Wildman–Crippen LogP) is 1.20. The largest absolute Gasteiger partial charge is 0.370 e. The Morgan fingerprint density at radius 2 is 2.33 bits per heavy atom. The Balaban J connectivity index is 2.19. The molecule has 0 radical (unpaired) electrons. The Hall–Kier alpha value is -0.730. The fourth-order valence-corrected chi connectivity index (χ4v) is 1.53. The van der Waals surface area contributed by atoms with E-state index in [4.69, 9.17) is 5.73 Å². The maximum absolute atomic E-state index is 5.65. The summed E-state index contributed by atoms with van der Waals surface area (Å²) in [6, 6.07) is 0.566. The van der Waals surface area contributed by atoms with E-state index in [1.807, 2.05) is 7.05 Å². The molecular formula is C9H19N3. The van der Waals surface area contributed by atoms with Crippen molar-refractivity contribution in [3.05, 3.63) is 0 Å². The van der Waals surface area contributed by atoms with Crippen molar-refractivity contribution in [3.8, 4) is 0 Å². The zero-order valence-corrected chi connectivity index (χ0v) is 8.08. The molecule has 0 aromatic heterocycles. The number of aliphatic imine (C=N–C) groups is 1. The quantitative estimate of drug-likeness (QED) is 0.642. The molecule has 1 unspecified atom stereocenters. The van der Waals surface area contributed by atoms with Gasteiger partial charge in [0, 0.05) is 7.05 Å². The van der Waals surface area contributed by atoms with Crippen LogP contribution >= 0.6 is 0 Å². The number of nitrogens with two attached hydrogens (primary N) is 1. The Morgan fingerprint density at radius 3 is 2.83 bits per heavy atom. The van der Waals surface area contributed by atoms with E-state index < -0.39 is 0 Å². The normalized spacial score (nSPS) is 23.0. The van der Waals surface area contributed by atoms with Crippen molar-refractivity contribution in [2.75, 3.05) is 13.6 Å². The van der Waals surface area contributed by atoms with Crippen LogP contribution in [0.4, 0.5) is 0 Å². The summed E-state index contributed by atoms with van der Waals surface area (Å²) in [5.74, 6) is 0.705. The molecule has 70 valence electrons. The molecule has 3 heteroatoms. The number of guanidine groups is 1. The van der Waals surface area contributed by atoms with Gasteiger partial charge in [0.15, 0.2) is 5.96 Å². The third-order valence-electron chi connectivity index (χ3n) is 2.51. The zero-order valence-electron chi connectivity index (χ0n) is 8.08. The van der Waals surface area contributed by atoms with Crippen molar-refractivity contribution in [1.82, 2.24) is 4.90 Å². The molecule has 0 aromatic carbocycles. The van der Waals surface area contributed by atoms with Crippen LogP contribution in [0.3, 0.4) is 0 Å². The summed E-state index contributed by atoms with van der Waals surface area (Å²) >= 11 is 0. The van der Waals surface area contributed by atoms with E-state index in [9.17, 15) is 0 Å². The third kappa shape index (κ3) is 2.13. The second kappa shape index (κ2) is 4.33. The summed E-state index contributed by atoms with van der Waals surface area (Å²) in [6.45, 7) is 3.12. The maximum Gasteiger partial charge on any atom is 0.191 e. The van der Waals surface area contributed by atoms with Crippen LogP contribution in [0.1, 0.15) is 32.6 Å². The van der Waals surface area contributed by atoms with Crippen LogP contribution in [0.2, 0.25) is 0 Å². The minimum absolute atomic E-state index is 0.566. The van der Waals surface area contributed by atoms with Gasteiger partial charge in [-0.1, -0.05) is 26.2 Å². The molecule has 12 heavy (non-hydrogen) atoms. The van der Waals surface area contributed by atoms with E-state index in [0.717, 1.165) is 6.54 Å². The molecule has 1 rings (SSSR count). The number of likely N-dealkylation sites (N-methyl/N-ethyl adjacent to an activating group) is 1. The predicted molar refractivity (Wildman–Crippen MR) is 52.2 cm³/mol. The highest BCUT2D eigenvalue weighted by atomic mass is 15.3. The summed E-state index contributed by atoms with van der Waals surface area (Å²) in [7, 11) is 2.03. The average molecular weight is 169 g/mol. The summed E-state index contributed by atoms with van der Waals surface area (Å²) in [5.41, 5.74) is 5.65. The molecule has 0 saturated heterocycles. The lowest BCUT2D eigenvalue weighted by Gasteiger charge is -2.20. The van der Waals surface area contributed by atoms with Crippen LogP contribution in [0, 0.1) is 0 Å². The van der Waals surface area contributed by atoms with Gasteiger partial charge >= 0.3 is 0 Å². The lowest BCUT2D eigenvalue weighted by atomic mass is 10.1. The molecule has 1 aliphatic rings. The molecule has 0 amide bonds. The Labute approximate surface area is 74.6 Å². The Morgan fingerprint density at radius 1 is 1.58 bits per heavy atom. The molecule has 1 atom stereocenters. The van der Waals surface area contributed by atoms with Gasteiger partial charge in [-0.15, -0.1) is 0 Å². The van der Waals surface area contributed by atoms with Crippen molar-refractivity contribution in [2.24, 2.45) is 10.7 Å². The van der Waals surface area contributed by atoms with Gasteiger partial charge in [-0.2, -0.15) is 0 Å². The van der Waals surface area contributed by atoms with Crippen molar-refractivity contribution < 1.29 is 0 Å². The van der Waals surface area contributed by atoms with Crippen LogP contribution in [-0.4, -0.2) is 30.5 Å². The number of rotatable bonds is 4. The monoisotopic (exact) mass is 169 g/mol. The van der Waals surface area contributed by atoms with Crippen LogP contribution in [0.25, 0.3) is 0 Å². The molecule has 2 N–H and O–H groups in total. The topological polar surface area (TPSA) is 41.6 Å². The van der Waals surface area contributed by atoms with E-state index in [2.05, 4.69) is 16.8 Å². The highest BCUT2D eigenvalue weighted by Gasteiger charge is 2.20. The first-order chi connectivity index (χ1) is 5.75. The van der Waals surface area contributed by atoms with Gasteiger partial charge < -0.3 is 10.6 Å². The van der Waals surface area contributed by atoms with Gasteiger partial charge in [0.25, 0.3) is 0 Å². The first kappa shape index (κ1) is 9.36. The summed E-state index contributed by atoms with van der Waals surface area (Å²) < 4.78 is 0. The lowest BCUT2D eigenvalue weighted by molar-refractivity contribution is 0.367. The van der Waals surface area contributed by atoms with Crippen LogP contribution in [0.5, 0.6) is 0 Å². The van der Waals surface area contributed by atoms with Gasteiger partial charge in [-0.25, -0.2) is 0 Å². The number of unbranched alkanes of at least 4 members (excludes halogenated alkanes) is 2. The van der Waals surface area contributed by atoms with Crippen LogP contribution < -0.4 is 5.73 Å². The van der Waals surface area contributed by atoms with Crippen molar-refractivity contribution in [1.29, 1.82) is 0 Å². The first-order valence-electron chi connectivity index (χ1n) is 4.78. The summed E-state index contributed by atoms with van der Waals surface area (Å²) in [6.07, 6.45) is 5.14. The summed E-state index contributed by atoms with van der Waals surface area (Å²) in [4.78, 5) is 6.29. The molecule has 3 nitrogen and oxygen atoms in total. The smallest absolute Gasteiger partial charge is 0.191 e. The highest BCUT2D eigenvalue weighted by Crippen LogP contribution is 2.12. The van der Waals surface area contributed by atoms with Crippen molar-refractivity contribution in [3.63, 3.8) is 0 Å². The van der Waals surface area contributed by atoms with Gasteiger partial charge in [0.1, 0.15) is 0 Å². The van der Waals surface area contributed by atoms with Crippen LogP contribution in [-0.2, 0) is 0 Å². The third-order valence-corrected chi connectivity index (χ3v) is 2.51. The fourth-order valence-electron chi connectivity index (χ4n) is 1.53. The average Bonchev–Trinajstić information content (AvgIpc) is 2.36. The molecule has 0 aliphatic carbocycles. The number of hydrogen-bond acceptors (Lipinski definition) is 3. The van der Waals surface area contributed by atoms with Crippen molar-refractivity contribution >= 4 is 5.96 Å². The van der Waals surface area contributed by atoms with E-state index in [0.29, 0.717) is 12.0 Å². The minimum Gasteiger partial charge on any atom is -0.370 e. The van der Waals surface area contributed by atoms with Crippen LogP contribution in [0.15, 0.2) is 4.99 Å². The van der Waals surface area contributed by atoms with Gasteiger partial charge in [0.05, 0.1) is 12.6 Å². The minimum atomic E-state index is 0.566. The molecule has 0 fully saturated rings. The zero-order chi connectivity index (χ0) is 8.97. The first-order valence-corrected chi connectivity index (χ1v) is 4.78. The second-order valence-corrected chi connectivity index (χ2v) is 3.46. The summed E-state index contributed by atoms with van der Waals surface area (Å²) in [5, 5.41) is 0. The molecular weight excluding hydrogens is 150 g/mol.